The number of halogens is 1. The first-order valence-corrected chi connectivity index (χ1v) is 5.32. The number of aliphatic hydroxyl groups excluding tert-OH is 1. The zero-order valence-corrected chi connectivity index (χ0v) is 9.91. The molecule has 0 radical (unpaired) electrons. The third kappa shape index (κ3) is 3.21. The van der Waals surface area contributed by atoms with E-state index in [-0.39, 0.29) is 12.5 Å². The number of nitrogens with two attached hydrogens (primary N) is 1. The van der Waals surface area contributed by atoms with Crippen molar-refractivity contribution in [3.8, 4) is 0 Å². The molecule has 1 aromatic rings. The van der Waals surface area contributed by atoms with Gasteiger partial charge < -0.3 is 16.2 Å². The molecular formula is C10H13BrN2O2. The molecule has 0 bridgehead atoms. The molecule has 1 amide bonds. The number of amides is 1. The fraction of sp³-hybridized carbons (Fsp3) is 0.300. The van der Waals surface area contributed by atoms with Gasteiger partial charge in [0.25, 0.3) is 5.91 Å². The van der Waals surface area contributed by atoms with Gasteiger partial charge in [-0.1, -0.05) is 6.07 Å². The Morgan fingerprint density at radius 2 is 2.33 bits per heavy atom. The third-order valence-corrected chi connectivity index (χ3v) is 2.55. The van der Waals surface area contributed by atoms with Crippen molar-refractivity contribution in [1.29, 1.82) is 0 Å². The van der Waals surface area contributed by atoms with Crippen LogP contribution in [0.4, 0.5) is 5.69 Å². The third-order valence-electron chi connectivity index (χ3n) is 1.86. The molecule has 82 valence electrons. The van der Waals surface area contributed by atoms with Gasteiger partial charge in [-0.05, 0) is 35.0 Å². The summed E-state index contributed by atoms with van der Waals surface area (Å²) in [7, 11) is 0. The van der Waals surface area contributed by atoms with Crippen LogP contribution in [0.5, 0.6) is 0 Å². The number of nitrogens with one attached hydrogen (secondary N) is 1. The number of hydrogen-bond donors (Lipinski definition) is 3. The van der Waals surface area contributed by atoms with Crippen LogP contribution in [0.15, 0.2) is 22.7 Å². The summed E-state index contributed by atoms with van der Waals surface area (Å²) in [5.41, 5.74) is 6.53. The minimum Gasteiger partial charge on any atom is -0.397 e. The number of rotatable bonds is 3. The molecule has 0 aliphatic heterocycles. The van der Waals surface area contributed by atoms with Gasteiger partial charge in [-0.15, -0.1) is 0 Å². The normalized spacial score (nSPS) is 12.2. The second kappa shape index (κ2) is 5.14. The van der Waals surface area contributed by atoms with E-state index in [0.29, 0.717) is 15.7 Å². The fourth-order valence-electron chi connectivity index (χ4n) is 1.07. The number of hydrogen-bond acceptors (Lipinski definition) is 3. The molecule has 4 nitrogen and oxygen atoms in total. The van der Waals surface area contributed by atoms with Crippen LogP contribution in [0.25, 0.3) is 0 Å². The second-order valence-electron chi connectivity index (χ2n) is 3.26. The summed E-state index contributed by atoms with van der Waals surface area (Å²) in [6.07, 6.45) is -0.567. The second-order valence-corrected chi connectivity index (χ2v) is 4.11. The number of benzene rings is 1. The van der Waals surface area contributed by atoms with Crippen LogP contribution in [-0.4, -0.2) is 23.7 Å². The Hall–Kier alpha value is -1.07. The number of aliphatic hydroxyl groups is 1. The first-order chi connectivity index (χ1) is 7.02. The summed E-state index contributed by atoms with van der Waals surface area (Å²) in [5.74, 6) is -0.283. The molecule has 1 atom stereocenters. The molecule has 0 saturated carbocycles. The molecule has 0 aliphatic rings. The van der Waals surface area contributed by atoms with E-state index in [1.807, 2.05) is 0 Å². The SMILES string of the molecule is CC(O)CNC(=O)c1cccc(Br)c1N. The maximum Gasteiger partial charge on any atom is 0.253 e. The van der Waals surface area contributed by atoms with Crippen molar-refractivity contribution < 1.29 is 9.90 Å². The monoisotopic (exact) mass is 272 g/mol. The van der Waals surface area contributed by atoms with Crippen LogP contribution in [0, 0.1) is 0 Å². The lowest BCUT2D eigenvalue weighted by Gasteiger charge is -2.09. The summed E-state index contributed by atoms with van der Waals surface area (Å²) in [6, 6.07) is 5.13. The summed E-state index contributed by atoms with van der Waals surface area (Å²) in [6.45, 7) is 1.81. The molecule has 0 aliphatic carbocycles. The van der Waals surface area contributed by atoms with Gasteiger partial charge in [0.05, 0.1) is 17.4 Å². The minimum atomic E-state index is -0.567. The first-order valence-electron chi connectivity index (χ1n) is 4.52. The fourth-order valence-corrected chi connectivity index (χ4v) is 1.44. The number of para-hydroxylation sites is 1. The summed E-state index contributed by atoms with van der Waals surface area (Å²) < 4.78 is 0.687. The predicted molar refractivity (Wildman–Crippen MR) is 62.6 cm³/mol. The highest BCUT2D eigenvalue weighted by Crippen LogP contribution is 2.22. The highest BCUT2D eigenvalue weighted by Gasteiger charge is 2.11. The summed E-state index contributed by atoms with van der Waals surface area (Å²) >= 11 is 3.24. The van der Waals surface area contributed by atoms with Crippen molar-refractivity contribution in [2.45, 2.75) is 13.0 Å². The number of nitrogen functional groups attached to an aromatic ring is 1. The van der Waals surface area contributed by atoms with E-state index in [1.165, 1.54) is 0 Å². The van der Waals surface area contributed by atoms with Crippen LogP contribution in [0.2, 0.25) is 0 Å². The van der Waals surface area contributed by atoms with Gasteiger partial charge in [-0.2, -0.15) is 0 Å². The molecule has 0 aromatic heterocycles. The van der Waals surface area contributed by atoms with Gasteiger partial charge in [-0.25, -0.2) is 0 Å². The molecule has 1 unspecified atom stereocenters. The van der Waals surface area contributed by atoms with Gasteiger partial charge in [0.1, 0.15) is 0 Å². The van der Waals surface area contributed by atoms with Crippen molar-refractivity contribution in [3.05, 3.63) is 28.2 Å². The lowest BCUT2D eigenvalue weighted by atomic mass is 10.1. The van der Waals surface area contributed by atoms with E-state index < -0.39 is 6.10 Å². The lowest BCUT2D eigenvalue weighted by Crippen LogP contribution is -2.31. The van der Waals surface area contributed by atoms with Gasteiger partial charge >= 0.3 is 0 Å². The molecule has 1 rings (SSSR count). The Bertz CT molecular complexity index is 366. The van der Waals surface area contributed by atoms with E-state index in [2.05, 4.69) is 21.2 Å². The van der Waals surface area contributed by atoms with Crippen molar-refractivity contribution >= 4 is 27.5 Å². The van der Waals surface area contributed by atoms with Gasteiger partial charge in [0.2, 0.25) is 0 Å². The molecule has 0 fully saturated rings. The van der Waals surface area contributed by atoms with E-state index in [1.54, 1.807) is 25.1 Å². The zero-order chi connectivity index (χ0) is 11.4. The predicted octanol–water partition coefficient (Wildman–Crippen LogP) is 1.14. The smallest absolute Gasteiger partial charge is 0.253 e. The highest BCUT2D eigenvalue weighted by atomic mass is 79.9. The van der Waals surface area contributed by atoms with E-state index >= 15 is 0 Å². The van der Waals surface area contributed by atoms with Crippen molar-refractivity contribution in [1.82, 2.24) is 5.32 Å². The van der Waals surface area contributed by atoms with Gasteiger partial charge in [-0.3, -0.25) is 4.79 Å². The van der Waals surface area contributed by atoms with E-state index in [4.69, 9.17) is 10.8 Å². The van der Waals surface area contributed by atoms with Gasteiger partial charge in [0.15, 0.2) is 0 Å². The molecule has 4 N–H and O–H groups in total. The quantitative estimate of drug-likeness (QED) is 0.723. The van der Waals surface area contributed by atoms with Crippen molar-refractivity contribution in [2.24, 2.45) is 0 Å². The van der Waals surface area contributed by atoms with E-state index in [0.717, 1.165) is 0 Å². The molecule has 5 heteroatoms. The molecule has 0 saturated heterocycles. The lowest BCUT2D eigenvalue weighted by molar-refractivity contribution is 0.0925. The van der Waals surface area contributed by atoms with Gasteiger partial charge in [0, 0.05) is 11.0 Å². The molecule has 15 heavy (non-hydrogen) atoms. The Balaban J connectivity index is 2.78. The zero-order valence-electron chi connectivity index (χ0n) is 8.33. The van der Waals surface area contributed by atoms with Crippen LogP contribution < -0.4 is 11.1 Å². The Morgan fingerprint density at radius 1 is 1.67 bits per heavy atom. The minimum absolute atomic E-state index is 0.213. The van der Waals surface area contributed by atoms with Crippen molar-refractivity contribution in [2.75, 3.05) is 12.3 Å². The Kier molecular flexibility index (Phi) is 4.11. The van der Waals surface area contributed by atoms with Crippen molar-refractivity contribution in [3.63, 3.8) is 0 Å². The number of carbonyl (C=O) groups excluding carboxylic acids is 1. The first kappa shape index (κ1) is 12.0. The van der Waals surface area contributed by atoms with E-state index in [9.17, 15) is 4.79 Å². The molecule has 0 spiro atoms. The average Bonchev–Trinajstić information content (AvgIpc) is 2.18. The van der Waals surface area contributed by atoms with Crippen LogP contribution >= 0.6 is 15.9 Å². The Morgan fingerprint density at radius 3 is 2.93 bits per heavy atom. The van der Waals surface area contributed by atoms with Crippen LogP contribution in [-0.2, 0) is 0 Å². The molecule has 1 aromatic carbocycles. The average molecular weight is 273 g/mol. The summed E-state index contributed by atoms with van der Waals surface area (Å²) in [4.78, 5) is 11.6. The molecular weight excluding hydrogens is 260 g/mol. The van der Waals surface area contributed by atoms with Crippen LogP contribution in [0.1, 0.15) is 17.3 Å². The Labute approximate surface area is 96.6 Å². The standard InChI is InChI=1S/C10H13BrN2O2/c1-6(14)5-13-10(15)7-3-2-4-8(11)9(7)12/h2-4,6,14H,5,12H2,1H3,(H,13,15). The number of carbonyl (C=O) groups is 1. The maximum atomic E-state index is 11.6. The summed E-state index contributed by atoms with van der Waals surface area (Å²) in [5, 5.41) is 11.6. The maximum absolute atomic E-state index is 11.6. The molecule has 0 heterocycles. The number of anilines is 1. The highest BCUT2D eigenvalue weighted by molar-refractivity contribution is 9.10. The largest absolute Gasteiger partial charge is 0.397 e. The topological polar surface area (TPSA) is 75.3 Å². The van der Waals surface area contributed by atoms with Crippen LogP contribution in [0.3, 0.4) is 0 Å².